The number of pyridine rings is 1. The van der Waals surface area contributed by atoms with Crippen LogP contribution in [0.2, 0.25) is 5.02 Å². The second-order valence-electron chi connectivity index (χ2n) is 8.98. The summed E-state index contributed by atoms with van der Waals surface area (Å²) in [6.07, 6.45) is 3.00. The van der Waals surface area contributed by atoms with E-state index in [1.54, 1.807) is 25.1 Å². The van der Waals surface area contributed by atoms with Gasteiger partial charge < -0.3 is 19.8 Å². The van der Waals surface area contributed by atoms with E-state index in [2.05, 4.69) is 9.88 Å². The summed E-state index contributed by atoms with van der Waals surface area (Å²) in [5.74, 6) is 0.457. The van der Waals surface area contributed by atoms with Crippen LogP contribution < -0.4 is 4.74 Å². The average Bonchev–Trinajstić information content (AvgIpc) is 2.87. The normalized spacial score (nSPS) is 19.5. The molecule has 3 aromatic rings. The van der Waals surface area contributed by atoms with Crippen molar-refractivity contribution in [1.29, 1.82) is 0 Å². The van der Waals surface area contributed by atoms with Gasteiger partial charge in [0.05, 0.1) is 24.6 Å². The van der Waals surface area contributed by atoms with Gasteiger partial charge in [-0.05, 0) is 79.8 Å². The van der Waals surface area contributed by atoms with E-state index in [0.29, 0.717) is 25.1 Å². The van der Waals surface area contributed by atoms with Crippen LogP contribution in [0, 0.1) is 11.8 Å². The van der Waals surface area contributed by atoms with Crippen molar-refractivity contribution in [2.75, 3.05) is 32.5 Å². The number of rotatable bonds is 10. The molecule has 2 heterocycles. The van der Waals surface area contributed by atoms with Crippen molar-refractivity contribution in [3.63, 3.8) is 0 Å². The number of ether oxygens (including phenoxy) is 1. The third kappa shape index (κ3) is 6.67. The van der Waals surface area contributed by atoms with Crippen molar-refractivity contribution < 1.29 is 19.7 Å². The molecule has 1 aromatic heterocycles. The number of thioether (sulfide) groups is 1. The Hall–Kier alpha value is -2.32. The number of likely N-dealkylation sites (tertiary alicyclic amines) is 1. The van der Waals surface area contributed by atoms with Crippen LogP contribution in [-0.4, -0.2) is 58.6 Å². The zero-order valence-corrected chi connectivity index (χ0v) is 21.3. The maximum Gasteiger partial charge on any atom is 0.308 e. The number of aliphatic hydroxyl groups is 1. The third-order valence-corrected chi connectivity index (χ3v) is 7.99. The molecule has 1 aliphatic rings. The monoisotopic (exact) mass is 514 g/mol. The lowest BCUT2D eigenvalue weighted by molar-refractivity contribution is -0.146. The Labute approximate surface area is 215 Å². The van der Waals surface area contributed by atoms with Gasteiger partial charge in [-0.2, -0.15) is 0 Å². The number of halogens is 1. The number of piperidine rings is 1. The molecule has 0 saturated carbocycles. The maximum absolute atomic E-state index is 12.1. The molecule has 8 heteroatoms. The summed E-state index contributed by atoms with van der Waals surface area (Å²) in [5, 5.41) is 22.5. The number of methoxy groups -OCH3 is 1. The summed E-state index contributed by atoms with van der Waals surface area (Å²) >= 11 is 7.79. The van der Waals surface area contributed by atoms with E-state index in [9.17, 15) is 15.0 Å². The highest BCUT2D eigenvalue weighted by atomic mass is 35.5. The van der Waals surface area contributed by atoms with Crippen LogP contribution in [0.4, 0.5) is 0 Å². The quantitative estimate of drug-likeness (QED) is 0.344. The molecule has 1 aliphatic heterocycles. The van der Waals surface area contributed by atoms with Gasteiger partial charge in [-0.15, -0.1) is 11.8 Å². The second-order valence-corrected chi connectivity index (χ2v) is 10.6. The van der Waals surface area contributed by atoms with Crippen LogP contribution in [0.1, 0.15) is 30.9 Å². The van der Waals surface area contributed by atoms with Gasteiger partial charge in [-0.1, -0.05) is 17.7 Å². The molecule has 1 saturated heterocycles. The molecule has 2 N–H and O–H groups in total. The molecule has 6 nitrogen and oxygen atoms in total. The minimum atomic E-state index is -0.754. The van der Waals surface area contributed by atoms with E-state index in [0.717, 1.165) is 51.6 Å². The van der Waals surface area contributed by atoms with Crippen LogP contribution in [0.3, 0.4) is 0 Å². The Morgan fingerprint density at radius 1 is 1.29 bits per heavy atom. The first-order valence-electron chi connectivity index (χ1n) is 11.9. The third-order valence-electron chi connectivity index (χ3n) is 6.78. The van der Waals surface area contributed by atoms with Gasteiger partial charge in [-0.3, -0.25) is 9.78 Å². The summed E-state index contributed by atoms with van der Waals surface area (Å²) in [4.78, 5) is 19.8. The zero-order chi connectivity index (χ0) is 24.8. The maximum atomic E-state index is 12.1. The molecule has 4 rings (SSSR count). The average molecular weight is 515 g/mol. The SMILES string of the molecule is COc1ccc2nccc([C@@H](O)CC[C@@H]3CCN(CCSc4cccc(Cl)c4)C[C@@H]3C(=O)O)c2c1. The molecular weight excluding hydrogens is 484 g/mol. The van der Waals surface area contributed by atoms with Crippen molar-refractivity contribution in [2.24, 2.45) is 11.8 Å². The van der Waals surface area contributed by atoms with Crippen LogP contribution in [0.15, 0.2) is 59.6 Å². The minimum absolute atomic E-state index is 0.0432. The molecule has 0 radical (unpaired) electrons. The van der Waals surface area contributed by atoms with Crippen molar-refractivity contribution in [2.45, 2.75) is 30.3 Å². The van der Waals surface area contributed by atoms with Crippen LogP contribution in [0.5, 0.6) is 5.75 Å². The number of aliphatic hydroxyl groups excluding tert-OH is 1. The number of nitrogens with zero attached hydrogens (tertiary/aromatic N) is 2. The summed E-state index contributed by atoms with van der Waals surface area (Å²) in [7, 11) is 1.61. The highest BCUT2D eigenvalue weighted by Gasteiger charge is 2.34. The number of carboxylic acids is 1. The number of carbonyl (C=O) groups is 1. The Morgan fingerprint density at radius 2 is 2.14 bits per heavy atom. The van der Waals surface area contributed by atoms with E-state index in [-0.39, 0.29) is 5.92 Å². The second kappa shape index (κ2) is 12.1. The van der Waals surface area contributed by atoms with Gasteiger partial charge in [0.1, 0.15) is 5.75 Å². The number of benzene rings is 2. The lowest BCUT2D eigenvalue weighted by Gasteiger charge is -2.37. The fourth-order valence-corrected chi connectivity index (χ4v) is 6.06. The Bertz CT molecular complexity index is 1160. The van der Waals surface area contributed by atoms with Crippen LogP contribution in [-0.2, 0) is 4.79 Å². The molecule has 1 fully saturated rings. The Balaban J connectivity index is 1.33. The largest absolute Gasteiger partial charge is 0.497 e. The molecule has 0 bridgehead atoms. The number of hydrogen-bond donors (Lipinski definition) is 2. The van der Waals surface area contributed by atoms with Gasteiger partial charge in [-0.25, -0.2) is 0 Å². The summed E-state index contributed by atoms with van der Waals surface area (Å²) in [6, 6.07) is 15.2. The van der Waals surface area contributed by atoms with E-state index in [4.69, 9.17) is 16.3 Å². The Kier molecular flexibility index (Phi) is 8.89. The summed E-state index contributed by atoms with van der Waals surface area (Å²) in [6.45, 7) is 2.25. The van der Waals surface area contributed by atoms with Gasteiger partial charge in [0.2, 0.25) is 0 Å². The zero-order valence-electron chi connectivity index (χ0n) is 19.8. The topological polar surface area (TPSA) is 82.9 Å². The molecule has 0 spiro atoms. The van der Waals surface area contributed by atoms with E-state index in [1.165, 1.54) is 0 Å². The number of aliphatic carboxylic acids is 1. The molecule has 186 valence electrons. The number of aromatic nitrogens is 1. The van der Waals surface area contributed by atoms with Crippen LogP contribution >= 0.6 is 23.4 Å². The molecule has 35 heavy (non-hydrogen) atoms. The van der Waals surface area contributed by atoms with E-state index >= 15 is 0 Å². The fourth-order valence-electron chi connectivity index (χ4n) is 4.84. The van der Waals surface area contributed by atoms with Crippen molar-refractivity contribution in [1.82, 2.24) is 9.88 Å². The van der Waals surface area contributed by atoms with E-state index < -0.39 is 18.0 Å². The van der Waals surface area contributed by atoms with Crippen molar-refractivity contribution in [3.8, 4) is 5.75 Å². The first-order chi connectivity index (χ1) is 16.9. The smallest absolute Gasteiger partial charge is 0.308 e. The summed E-state index contributed by atoms with van der Waals surface area (Å²) in [5.41, 5.74) is 1.60. The Morgan fingerprint density at radius 3 is 2.91 bits per heavy atom. The summed E-state index contributed by atoms with van der Waals surface area (Å²) < 4.78 is 5.33. The highest BCUT2D eigenvalue weighted by molar-refractivity contribution is 7.99. The number of fused-ring (bicyclic) bond motifs is 1. The molecule has 0 aliphatic carbocycles. The molecule has 3 atom stereocenters. The lowest BCUT2D eigenvalue weighted by Crippen LogP contribution is -2.44. The fraction of sp³-hybridized carbons (Fsp3) is 0.407. The standard InChI is InChI=1S/C27H31ClN2O4S/c1-34-20-6-7-25-23(16-20)22(9-11-29-25)26(31)8-5-18-10-12-30(17-24(18)27(32)33)13-14-35-21-4-2-3-19(28)15-21/h2-4,6-7,9,11,15-16,18,24,26,31H,5,8,10,12-14,17H2,1H3,(H,32,33)/t18-,24+,26+/m1/s1. The number of carboxylic acid groups (broad SMARTS) is 1. The molecule has 0 amide bonds. The van der Waals surface area contributed by atoms with Crippen LogP contribution in [0.25, 0.3) is 10.9 Å². The number of hydrogen-bond acceptors (Lipinski definition) is 6. The van der Waals surface area contributed by atoms with Gasteiger partial charge in [0.15, 0.2) is 0 Å². The van der Waals surface area contributed by atoms with Gasteiger partial charge in [0, 0.05) is 40.3 Å². The minimum Gasteiger partial charge on any atom is -0.497 e. The first kappa shape index (κ1) is 25.8. The van der Waals surface area contributed by atoms with Gasteiger partial charge >= 0.3 is 5.97 Å². The first-order valence-corrected chi connectivity index (χ1v) is 13.2. The van der Waals surface area contributed by atoms with Gasteiger partial charge in [0.25, 0.3) is 0 Å². The van der Waals surface area contributed by atoms with E-state index in [1.807, 2.05) is 48.5 Å². The van der Waals surface area contributed by atoms with Crippen molar-refractivity contribution in [3.05, 3.63) is 65.3 Å². The highest BCUT2D eigenvalue weighted by Crippen LogP contribution is 2.34. The molecule has 2 aromatic carbocycles. The predicted molar refractivity (Wildman–Crippen MR) is 140 cm³/mol. The molecular formula is C27H31ClN2O4S. The molecule has 0 unspecified atom stereocenters. The lowest BCUT2D eigenvalue weighted by atomic mass is 9.81. The predicted octanol–water partition coefficient (Wildman–Crippen LogP) is 5.53. The van der Waals surface area contributed by atoms with Crippen molar-refractivity contribution >= 4 is 40.2 Å².